The first-order chi connectivity index (χ1) is 9.10. The Balaban J connectivity index is 2.14. The Labute approximate surface area is 116 Å². The molecule has 0 heterocycles. The van der Waals surface area contributed by atoms with E-state index in [2.05, 4.69) is 75.4 Å². The highest BCUT2D eigenvalue weighted by molar-refractivity contribution is 5.44. The van der Waals surface area contributed by atoms with Crippen molar-refractivity contribution in [1.82, 2.24) is 0 Å². The zero-order chi connectivity index (χ0) is 13.5. The van der Waals surface area contributed by atoms with Crippen LogP contribution in [0.15, 0.2) is 54.6 Å². The lowest BCUT2D eigenvalue weighted by Gasteiger charge is -2.42. The van der Waals surface area contributed by atoms with Crippen molar-refractivity contribution in [2.45, 2.75) is 38.5 Å². The molecule has 0 spiro atoms. The van der Waals surface area contributed by atoms with Crippen LogP contribution in [0.25, 0.3) is 0 Å². The van der Waals surface area contributed by atoms with Gasteiger partial charge in [-0.2, -0.15) is 0 Å². The highest BCUT2D eigenvalue weighted by Crippen LogP contribution is 2.48. The summed E-state index contributed by atoms with van der Waals surface area (Å²) in [6.45, 7) is 7.17. The molecule has 0 radical (unpaired) electrons. The maximum Gasteiger partial charge on any atom is 0.00951 e. The fourth-order valence-corrected chi connectivity index (χ4v) is 3.43. The van der Waals surface area contributed by atoms with Gasteiger partial charge in [-0.05, 0) is 34.4 Å². The van der Waals surface area contributed by atoms with Crippen LogP contribution in [0, 0.1) is 5.92 Å². The SMILES string of the molecule is CC1CC(c2ccccc2)c2ccccc2C1(C)C. The second-order valence-corrected chi connectivity index (χ2v) is 6.41. The summed E-state index contributed by atoms with van der Waals surface area (Å²) in [6.07, 6.45) is 1.24. The van der Waals surface area contributed by atoms with Gasteiger partial charge in [0.05, 0.1) is 0 Å². The van der Waals surface area contributed by atoms with Crippen LogP contribution in [0.2, 0.25) is 0 Å². The molecule has 19 heavy (non-hydrogen) atoms. The summed E-state index contributed by atoms with van der Waals surface area (Å²) in [4.78, 5) is 0. The first-order valence-corrected chi connectivity index (χ1v) is 7.25. The molecule has 0 N–H and O–H groups in total. The third kappa shape index (κ3) is 2.00. The molecule has 0 saturated heterocycles. The van der Waals surface area contributed by atoms with Crippen LogP contribution in [0.4, 0.5) is 0 Å². The number of hydrogen-bond acceptors (Lipinski definition) is 0. The summed E-state index contributed by atoms with van der Waals surface area (Å²) in [5.41, 5.74) is 4.79. The maximum absolute atomic E-state index is 2.39. The molecule has 0 aromatic heterocycles. The minimum absolute atomic E-state index is 0.280. The molecule has 0 heteroatoms. The zero-order valence-corrected chi connectivity index (χ0v) is 12.1. The Bertz CT molecular complexity index is 566. The maximum atomic E-state index is 2.39. The zero-order valence-electron chi connectivity index (χ0n) is 12.1. The van der Waals surface area contributed by atoms with Crippen molar-refractivity contribution in [3.63, 3.8) is 0 Å². The van der Waals surface area contributed by atoms with Crippen molar-refractivity contribution in [2.75, 3.05) is 0 Å². The largest absolute Gasteiger partial charge is 0.0622 e. The Kier molecular flexibility index (Phi) is 2.97. The summed E-state index contributed by atoms with van der Waals surface area (Å²) in [5.74, 6) is 1.26. The third-order valence-corrected chi connectivity index (χ3v) is 5.05. The van der Waals surface area contributed by atoms with Gasteiger partial charge in [0.15, 0.2) is 0 Å². The molecule has 0 bridgehead atoms. The van der Waals surface area contributed by atoms with Crippen LogP contribution in [-0.4, -0.2) is 0 Å². The molecule has 0 saturated carbocycles. The molecule has 1 aliphatic rings. The molecular formula is C19H22. The minimum atomic E-state index is 0.280. The van der Waals surface area contributed by atoms with Gasteiger partial charge in [-0.15, -0.1) is 0 Å². The van der Waals surface area contributed by atoms with Crippen LogP contribution in [0.3, 0.4) is 0 Å². The van der Waals surface area contributed by atoms with E-state index in [0.29, 0.717) is 11.8 Å². The summed E-state index contributed by atoms with van der Waals surface area (Å²) in [7, 11) is 0. The first kappa shape index (κ1) is 12.5. The molecule has 1 aliphatic carbocycles. The van der Waals surface area contributed by atoms with Gasteiger partial charge >= 0.3 is 0 Å². The van der Waals surface area contributed by atoms with E-state index in [1.54, 1.807) is 0 Å². The highest BCUT2D eigenvalue weighted by atomic mass is 14.4. The standard InChI is InChI=1S/C19H22/c1-14-13-17(15-9-5-4-6-10-15)16-11-7-8-12-18(16)19(14,2)3/h4-12,14,17H,13H2,1-3H3. The van der Waals surface area contributed by atoms with Gasteiger partial charge in [-0.25, -0.2) is 0 Å². The van der Waals surface area contributed by atoms with Gasteiger partial charge < -0.3 is 0 Å². The summed E-state index contributed by atoms with van der Waals surface area (Å²) < 4.78 is 0. The van der Waals surface area contributed by atoms with E-state index in [1.165, 1.54) is 23.1 Å². The van der Waals surface area contributed by atoms with Gasteiger partial charge in [-0.3, -0.25) is 0 Å². The van der Waals surface area contributed by atoms with Crippen molar-refractivity contribution < 1.29 is 0 Å². The molecule has 2 aromatic carbocycles. The van der Waals surface area contributed by atoms with Crippen LogP contribution in [0.5, 0.6) is 0 Å². The quantitative estimate of drug-likeness (QED) is 0.657. The lowest BCUT2D eigenvalue weighted by molar-refractivity contribution is 0.287. The second-order valence-electron chi connectivity index (χ2n) is 6.41. The first-order valence-electron chi connectivity index (χ1n) is 7.25. The fourth-order valence-electron chi connectivity index (χ4n) is 3.43. The van der Waals surface area contributed by atoms with Crippen LogP contribution in [0.1, 0.15) is 49.8 Å². The van der Waals surface area contributed by atoms with E-state index in [-0.39, 0.29) is 5.41 Å². The van der Waals surface area contributed by atoms with E-state index < -0.39 is 0 Å². The van der Waals surface area contributed by atoms with E-state index in [0.717, 1.165) is 0 Å². The van der Waals surface area contributed by atoms with Crippen molar-refractivity contribution in [2.24, 2.45) is 5.92 Å². The number of rotatable bonds is 1. The average molecular weight is 250 g/mol. The van der Waals surface area contributed by atoms with Crippen LogP contribution >= 0.6 is 0 Å². The fraction of sp³-hybridized carbons (Fsp3) is 0.368. The van der Waals surface area contributed by atoms with Gasteiger partial charge in [-0.1, -0.05) is 75.4 Å². The van der Waals surface area contributed by atoms with Crippen molar-refractivity contribution in [3.05, 3.63) is 71.3 Å². The van der Waals surface area contributed by atoms with Gasteiger partial charge in [0, 0.05) is 5.92 Å². The Morgan fingerprint density at radius 3 is 2.26 bits per heavy atom. The molecule has 0 amide bonds. The van der Waals surface area contributed by atoms with Gasteiger partial charge in [0.25, 0.3) is 0 Å². The van der Waals surface area contributed by atoms with Crippen molar-refractivity contribution >= 4 is 0 Å². The monoisotopic (exact) mass is 250 g/mol. The smallest absolute Gasteiger partial charge is 0.00951 e. The molecular weight excluding hydrogens is 228 g/mol. The molecule has 0 fully saturated rings. The normalized spacial score (nSPS) is 24.8. The Morgan fingerprint density at radius 1 is 0.895 bits per heavy atom. The lowest BCUT2D eigenvalue weighted by Crippen LogP contribution is -2.34. The number of benzene rings is 2. The van der Waals surface area contributed by atoms with E-state index >= 15 is 0 Å². The molecule has 2 unspecified atom stereocenters. The molecule has 2 atom stereocenters. The van der Waals surface area contributed by atoms with Gasteiger partial charge in [0.1, 0.15) is 0 Å². The molecule has 3 rings (SSSR count). The molecule has 2 aromatic rings. The predicted molar refractivity (Wildman–Crippen MR) is 81.5 cm³/mol. The number of hydrogen-bond donors (Lipinski definition) is 0. The Morgan fingerprint density at radius 2 is 1.53 bits per heavy atom. The Hall–Kier alpha value is -1.56. The summed E-state index contributed by atoms with van der Waals surface area (Å²) >= 11 is 0. The van der Waals surface area contributed by atoms with Gasteiger partial charge in [0.2, 0.25) is 0 Å². The minimum Gasteiger partial charge on any atom is -0.0622 e. The molecule has 0 nitrogen and oxygen atoms in total. The second kappa shape index (κ2) is 4.52. The molecule has 98 valence electrons. The van der Waals surface area contributed by atoms with Crippen molar-refractivity contribution in [1.29, 1.82) is 0 Å². The average Bonchev–Trinajstić information content (AvgIpc) is 2.44. The third-order valence-electron chi connectivity index (χ3n) is 5.05. The summed E-state index contributed by atoms with van der Waals surface area (Å²) in [5, 5.41) is 0. The van der Waals surface area contributed by atoms with Crippen molar-refractivity contribution in [3.8, 4) is 0 Å². The van der Waals surface area contributed by atoms with Crippen LogP contribution in [-0.2, 0) is 5.41 Å². The van der Waals surface area contributed by atoms with E-state index in [9.17, 15) is 0 Å². The topological polar surface area (TPSA) is 0 Å². The van der Waals surface area contributed by atoms with E-state index in [1.807, 2.05) is 0 Å². The highest BCUT2D eigenvalue weighted by Gasteiger charge is 2.38. The van der Waals surface area contributed by atoms with Crippen LogP contribution < -0.4 is 0 Å². The summed E-state index contributed by atoms with van der Waals surface area (Å²) in [6, 6.07) is 20.0. The predicted octanol–water partition coefficient (Wildman–Crippen LogP) is 5.14. The lowest BCUT2D eigenvalue weighted by atomic mass is 9.62. The molecule has 0 aliphatic heterocycles. The van der Waals surface area contributed by atoms with E-state index in [4.69, 9.17) is 0 Å². The number of fused-ring (bicyclic) bond motifs is 1.